The number of pyridine rings is 1. The number of carbonyl (C=O) groups is 1. The van der Waals surface area contributed by atoms with Gasteiger partial charge in [-0.25, -0.2) is 13.4 Å². The maximum Gasteiger partial charge on any atom is 0.245 e. The van der Waals surface area contributed by atoms with Crippen LogP contribution in [0.2, 0.25) is 0 Å². The number of aromatic amines is 1. The number of nitrogens with one attached hydrogen (secondary N) is 1. The summed E-state index contributed by atoms with van der Waals surface area (Å²) >= 11 is 0. The van der Waals surface area contributed by atoms with Crippen LogP contribution in [0.3, 0.4) is 0 Å². The minimum absolute atomic E-state index is 0.00360. The molecule has 1 N–H and O–H groups in total. The van der Waals surface area contributed by atoms with Gasteiger partial charge in [0, 0.05) is 44.0 Å². The number of H-pyrrole nitrogens is 1. The molecule has 1 saturated heterocycles. The van der Waals surface area contributed by atoms with E-state index in [4.69, 9.17) is 0 Å². The molecular formula is C22H27N5O3S. The van der Waals surface area contributed by atoms with Crippen LogP contribution in [0, 0.1) is 0 Å². The maximum atomic E-state index is 13.4. The van der Waals surface area contributed by atoms with Crippen molar-refractivity contribution in [3.8, 4) is 0 Å². The van der Waals surface area contributed by atoms with Crippen LogP contribution < -0.4 is 0 Å². The van der Waals surface area contributed by atoms with Gasteiger partial charge >= 0.3 is 0 Å². The second-order valence-corrected chi connectivity index (χ2v) is 9.57. The van der Waals surface area contributed by atoms with Crippen molar-refractivity contribution in [3.63, 3.8) is 0 Å². The van der Waals surface area contributed by atoms with Crippen molar-refractivity contribution in [1.82, 2.24) is 24.1 Å². The van der Waals surface area contributed by atoms with Gasteiger partial charge in [-0.2, -0.15) is 4.31 Å². The van der Waals surface area contributed by atoms with E-state index in [1.165, 1.54) is 10.5 Å². The molecular weight excluding hydrogens is 414 g/mol. The van der Waals surface area contributed by atoms with Crippen molar-refractivity contribution in [2.75, 3.05) is 39.8 Å². The van der Waals surface area contributed by atoms with Gasteiger partial charge in [0.1, 0.15) is 16.6 Å². The van der Waals surface area contributed by atoms with E-state index in [1.54, 1.807) is 23.2 Å². The zero-order valence-electron chi connectivity index (χ0n) is 17.7. The molecule has 1 aromatic carbocycles. The summed E-state index contributed by atoms with van der Waals surface area (Å²) in [6.45, 7) is 3.99. The standard InChI is InChI=1S/C22H27N5O3S/c1-3-25(2)20(17-8-5-4-6-9-17)22(28)26-12-14-27(15-13-26)31(29,30)19-16-24-21-18(19)10-7-11-23-21/h4-11,16,20H,3,12-15H2,1-2H3,(H,23,24). The first kappa shape index (κ1) is 21.5. The van der Waals surface area contributed by atoms with Gasteiger partial charge in [0.15, 0.2) is 0 Å². The highest BCUT2D eigenvalue weighted by molar-refractivity contribution is 7.89. The highest BCUT2D eigenvalue weighted by Crippen LogP contribution is 2.27. The summed E-state index contributed by atoms with van der Waals surface area (Å²) < 4.78 is 27.9. The quantitative estimate of drug-likeness (QED) is 0.633. The molecule has 164 valence electrons. The van der Waals surface area contributed by atoms with E-state index in [2.05, 4.69) is 9.97 Å². The van der Waals surface area contributed by atoms with Gasteiger partial charge in [0.2, 0.25) is 15.9 Å². The number of fused-ring (bicyclic) bond motifs is 1. The number of rotatable bonds is 6. The lowest BCUT2D eigenvalue weighted by Gasteiger charge is -2.37. The number of benzene rings is 1. The summed E-state index contributed by atoms with van der Waals surface area (Å²) in [4.78, 5) is 24.5. The van der Waals surface area contributed by atoms with Gasteiger partial charge < -0.3 is 9.88 Å². The van der Waals surface area contributed by atoms with Crippen molar-refractivity contribution in [3.05, 3.63) is 60.4 Å². The fourth-order valence-corrected chi connectivity index (χ4v) is 5.58. The van der Waals surface area contributed by atoms with Crippen molar-refractivity contribution in [2.24, 2.45) is 0 Å². The first-order valence-electron chi connectivity index (χ1n) is 10.4. The van der Waals surface area contributed by atoms with Gasteiger partial charge in [-0.05, 0) is 31.3 Å². The number of amides is 1. The number of carbonyl (C=O) groups excluding carboxylic acids is 1. The largest absolute Gasteiger partial charge is 0.345 e. The number of hydrogen-bond donors (Lipinski definition) is 1. The molecule has 1 amide bonds. The smallest absolute Gasteiger partial charge is 0.245 e. The molecule has 0 spiro atoms. The van der Waals surface area contributed by atoms with Gasteiger partial charge in [-0.3, -0.25) is 9.69 Å². The molecule has 1 aliphatic rings. The first-order chi connectivity index (χ1) is 14.9. The molecule has 3 heterocycles. The molecule has 0 saturated carbocycles. The average molecular weight is 442 g/mol. The zero-order chi connectivity index (χ0) is 22.0. The van der Waals surface area contributed by atoms with Crippen LogP contribution in [0.4, 0.5) is 0 Å². The fourth-order valence-electron chi connectivity index (χ4n) is 4.01. The first-order valence-corrected chi connectivity index (χ1v) is 11.8. The molecule has 9 heteroatoms. The lowest BCUT2D eigenvalue weighted by Crippen LogP contribution is -2.53. The summed E-state index contributed by atoms with van der Waals surface area (Å²) in [5, 5.41) is 0.578. The number of likely N-dealkylation sites (N-methyl/N-ethyl adjacent to an activating group) is 1. The van der Waals surface area contributed by atoms with E-state index in [9.17, 15) is 13.2 Å². The van der Waals surface area contributed by atoms with Crippen molar-refractivity contribution >= 4 is 27.0 Å². The monoisotopic (exact) mass is 441 g/mol. The highest BCUT2D eigenvalue weighted by Gasteiger charge is 2.35. The summed E-state index contributed by atoms with van der Waals surface area (Å²) in [6.07, 6.45) is 3.11. The van der Waals surface area contributed by atoms with Gasteiger partial charge in [-0.15, -0.1) is 0 Å². The molecule has 2 aromatic heterocycles. The molecule has 0 aliphatic carbocycles. The van der Waals surface area contributed by atoms with E-state index in [-0.39, 0.29) is 29.9 Å². The van der Waals surface area contributed by atoms with E-state index >= 15 is 0 Å². The van der Waals surface area contributed by atoms with Crippen LogP contribution in [0.15, 0.2) is 59.8 Å². The molecule has 1 atom stereocenters. The molecule has 1 aliphatic heterocycles. The Labute approximate surface area is 182 Å². The Morgan fingerprint density at radius 2 is 1.84 bits per heavy atom. The predicted octanol–water partition coefficient (Wildman–Crippen LogP) is 2.09. The minimum atomic E-state index is -3.67. The van der Waals surface area contributed by atoms with E-state index in [0.717, 1.165) is 12.1 Å². The number of aromatic nitrogens is 2. The average Bonchev–Trinajstić information content (AvgIpc) is 3.25. The zero-order valence-corrected chi connectivity index (χ0v) is 18.5. The Morgan fingerprint density at radius 3 is 2.52 bits per heavy atom. The molecule has 0 radical (unpaired) electrons. The summed E-state index contributed by atoms with van der Waals surface area (Å²) in [5.74, 6) is 0.00360. The Morgan fingerprint density at radius 1 is 1.13 bits per heavy atom. The Hall–Kier alpha value is -2.75. The number of sulfonamides is 1. The third kappa shape index (κ3) is 4.08. The van der Waals surface area contributed by atoms with Crippen LogP contribution in [-0.2, 0) is 14.8 Å². The minimum Gasteiger partial charge on any atom is -0.345 e. The Bertz CT molecular complexity index is 1150. The number of nitrogens with zero attached hydrogens (tertiary/aromatic N) is 4. The maximum absolute atomic E-state index is 13.4. The second-order valence-electron chi connectivity index (χ2n) is 7.67. The Kier molecular flexibility index (Phi) is 6.08. The number of piperazine rings is 1. The molecule has 3 aromatic rings. The second kappa shape index (κ2) is 8.78. The topological polar surface area (TPSA) is 89.6 Å². The molecule has 8 nitrogen and oxygen atoms in total. The third-order valence-electron chi connectivity index (χ3n) is 5.87. The third-order valence-corrected chi connectivity index (χ3v) is 7.81. The summed E-state index contributed by atoms with van der Waals surface area (Å²) in [6, 6.07) is 12.8. The fraction of sp³-hybridized carbons (Fsp3) is 0.364. The van der Waals surface area contributed by atoms with Gasteiger partial charge in [-0.1, -0.05) is 37.3 Å². The van der Waals surface area contributed by atoms with Crippen molar-refractivity contribution in [1.29, 1.82) is 0 Å². The van der Waals surface area contributed by atoms with E-state index in [0.29, 0.717) is 24.1 Å². The Balaban J connectivity index is 1.50. The normalized spacial score (nSPS) is 16.7. The van der Waals surface area contributed by atoms with Crippen molar-refractivity contribution < 1.29 is 13.2 Å². The van der Waals surface area contributed by atoms with Crippen LogP contribution in [0.1, 0.15) is 18.5 Å². The van der Waals surface area contributed by atoms with Gasteiger partial charge in [0.05, 0.1) is 0 Å². The summed E-state index contributed by atoms with van der Waals surface area (Å²) in [7, 11) is -1.74. The van der Waals surface area contributed by atoms with Crippen LogP contribution in [0.5, 0.6) is 0 Å². The number of hydrogen-bond acceptors (Lipinski definition) is 5. The molecule has 0 bridgehead atoms. The SMILES string of the molecule is CCN(C)C(C(=O)N1CCN(S(=O)(=O)c2c[nH]c3ncccc23)CC1)c1ccccc1. The lowest BCUT2D eigenvalue weighted by molar-refractivity contribution is -0.138. The highest BCUT2D eigenvalue weighted by atomic mass is 32.2. The molecule has 31 heavy (non-hydrogen) atoms. The van der Waals surface area contributed by atoms with E-state index < -0.39 is 10.0 Å². The van der Waals surface area contributed by atoms with Crippen LogP contribution >= 0.6 is 0 Å². The molecule has 1 unspecified atom stereocenters. The lowest BCUT2D eigenvalue weighted by atomic mass is 10.0. The van der Waals surface area contributed by atoms with E-state index in [1.807, 2.05) is 49.2 Å². The van der Waals surface area contributed by atoms with Crippen LogP contribution in [0.25, 0.3) is 11.0 Å². The van der Waals surface area contributed by atoms with Crippen LogP contribution in [-0.4, -0.2) is 78.2 Å². The summed E-state index contributed by atoms with van der Waals surface area (Å²) in [5.41, 5.74) is 1.49. The predicted molar refractivity (Wildman–Crippen MR) is 119 cm³/mol. The molecule has 1 fully saturated rings. The van der Waals surface area contributed by atoms with Gasteiger partial charge in [0.25, 0.3) is 0 Å². The molecule has 4 rings (SSSR count). The van der Waals surface area contributed by atoms with Crippen molar-refractivity contribution in [2.45, 2.75) is 17.9 Å².